The fourth-order valence-corrected chi connectivity index (χ4v) is 9.44. The maximum Gasteiger partial charge on any atom is 0.217 e. The number of hydrogen-bond acceptors (Lipinski definition) is 7. The van der Waals surface area contributed by atoms with Crippen LogP contribution in [0.2, 0.25) is 0 Å². The van der Waals surface area contributed by atoms with Gasteiger partial charge in [-0.3, -0.25) is 0 Å². The highest BCUT2D eigenvalue weighted by atomic mass is 32.2. The number of morpholine rings is 1. The summed E-state index contributed by atoms with van der Waals surface area (Å²) in [5.74, 6) is 0. The van der Waals surface area contributed by atoms with E-state index in [4.69, 9.17) is 4.74 Å². The van der Waals surface area contributed by atoms with E-state index in [1.807, 2.05) is 0 Å². The Balaban J connectivity index is 1.60. The Hall–Kier alpha value is -0.270. The Kier molecular flexibility index (Phi) is 7.50. The summed E-state index contributed by atoms with van der Waals surface area (Å²) in [5, 5.41) is -2.07. The molecule has 1 aliphatic carbocycles. The van der Waals surface area contributed by atoms with Gasteiger partial charge in [-0.1, -0.05) is 0 Å². The van der Waals surface area contributed by atoms with Crippen molar-refractivity contribution < 1.29 is 30.0 Å². The second-order valence-corrected chi connectivity index (χ2v) is 16.9. The Morgan fingerprint density at radius 2 is 1.48 bits per heavy atom. The Bertz CT molecular complexity index is 958. The van der Waals surface area contributed by atoms with Crippen LogP contribution in [0.5, 0.6) is 0 Å². The lowest BCUT2D eigenvalue weighted by Gasteiger charge is -2.43. The van der Waals surface area contributed by atoms with E-state index in [2.05, 4.69) is 0 Å². The normalized spacial score (nSPS) is 28.9. The molecule has 182 valence electrons. The lowest BCUT2D eigenvalue weighted by atomic mass is 10.0. The van der Waals surface area contributed by atoms with E-state index in [0.717, 1.165) is 0 Å². The zero-order valence-corrected chi connectivity index (χ0v) is 21.3. The maximum absolute atomic E-state index is 13.2. The first-order chi connectivity index (χ1) is 14.3. The predicted octanol–water partition coefficient (Wildman–Crippen LogP) is 0.964. The topological polar surface area (TPSA) is 118 Å². The van der Waals surface area contributed by atoms with E-state index in [1.54, 1.807) is 27.7 Å². The predicted molar refractivity (Wildman–Crippen MR) is 119 cm³/mol. The van der Waals surface area contributed by atoms with Crippen molar-refractivity contribution in [3.63, 3.8) is 0 Å². The van der Waals surface area contributed by atoms with Crippen LogP contribution in [0.4, 0.5) is 0 Å². The second kappa shape index (κ2) is 9.17. The lowest BCUT2D eigenvalue weighted by molar-refractivity contribution is -0.00590. The molecule has 0 aromatic heterocycles. The minimum Gasteiger partial charge on any atom is -0.375 e. The molecule has 3 rings (SSSR count). The molecule has 4 atom stereocenters. The molecule has 3 fully saturated rings. The number of sulfonamides is 2. The summed E-state index contributed by atoms with van der Waals surface area (Å²) in [5.41, 5.74) is 0. The van der Waals surface area contributed by atoms with E-state index in [0.29, 0.717) is 32.2 Å². The van der Waals surface area contributed by atoms with Crippen molar-refractivity contribution in [2.75, 3.05) is 26.2 Å². The van der Waals surface area contributed by atoms with Crippen LogP contribution in [-0.2, 0) is 34.6 Å². The van der Waals surface area contributed by atoms with Gasteiger partial charge in [0.1, 0.15) is 0 Å². The molecule has 2 saturated heterocycles. The van der Waals surface area contributed by atoms with Crippen LogP contribution >= 0.6 is 0 Å². The van der Waals surface area contributed by atoms with Crippen molar-refractivity contribution in [3.8, 4) is 0 Å². The van der Waals surface area contributed by atoms with Crippen molar-refractivity contribution in [3.05, 3.63) is 0 Å². The molecule has 0 bridgehead atoms. The molecule has 31 heavy (non-hydrogen) atoms. The van der Waals surface area contributed by atoms with Gasteiger partial charge in [-0.2, -0.15) is 8.61 Å². The van der Waals surface area contributed by atoms with Crippen LogP contribution in [0.15, 0.2) is 0 Å². The van der Waals surface area contributed by atoms with Crippen LogP contribution < -0.4 is 0 Å². The average Bonchev–Trinajstić information content (AvgIpc) is 3.50. The molecular weight excluding hydrogens is 464 g/mol. The Morgan fingerprint density at radius 1 is 0.839 bits per heavy atom. The minimum absolute atomic E-state index is 0.153. The highest BCUT2D eigenvalue weighted by Gasteiger charge is 2.45. The summed E-state index contributed by atoms with van der Waals surface area (Å²) >= 11 is 0. The van der Waals surface area contributed by atoms with Crippen molar-refractivity contribution in [2.45, 2.75) is 92.9 Å². The van der Waals surface area contributed by atoms with Gasteiger partial charge < -0.3 is 4.74 Å². The monoisotopic (exact) mass is 500 g/mol. The third-order valence-corrected chi connectivity index (χ3v) is 14.0. The second-order valence-electron chi connectivity index (χ2n) is 9.42. The zero-order chi connectivity index (χ0) is 23.2. The summed E-state index contributed by atoms with van der Waals surface area (Å²) in [6.07, 6.45) is 2.12. The molecule has 0 radical (unpaired) electrons. The van der Waals surface area contributed by atoms with Crippen molar-refractivity contribution in [1.29, 1.82) is 0 Å². The molecule has 2 aliphatic heterocycles. The fourth-order valence-electron chi connectivity index (χ4n) is 4.32. The summed E-state index contributed by atoms with van der Waals surface area (Å²) in [6.45, 7) is 7.62. The molecule has 0 amide bonds. The number of rotatable bonds is 10. The molecule has 9 nitrogen and oxygen atoms in total. The highest BCUT2D eigenvalue weighted by Crippen LogP contribution is 2.36. The Morgan fingerprint density at radius 3 is 2.00 bits per heavy atom. The van der Waals surface area contributed by atoms with Crippen LogP contribution in [0, 0.1) is 0 Å². The molecular formula is C19H36N2O7S3. The first-order valence-electron chi connectivity index (χ1n) is 11.1. The lowest BCUT2D eigenvalue weighted by Crippen LogP contribution is -2.56. The smallest absolute Gasteiger partial charge is 0.217 e. The number of nitrogens with zero attached hydrogens (tertiary/aromatic N) is 2. The van der Waals surface area contributed by atoms with Crippen molar-refractivity contribution >= 4 is 29.9 Å². The first kappa shape index (κ1) is 25.4. The fraction of sp³-hybridized carbons (Fsp3) is 1.00. The third-order valence-electron chi connectivity index (χ3n) is 6.73. The largest absolute Gasteiger partial charge is 0.375 e. The minimum atomic E-state index is -3.63. The quantitative estimate of drug-likeness (QED) is 0.438. The van der Waals surface area contributed by atoms with E-state index in [1.165, 1.54) is 8.61 Å². The van der Waals surface area contributed by atoms with Gasteiger partial charge in [-0.05, 0) is 59.8 Å². The van der Waals surface area contributed by atoms with Crippen LogP contribution in [0.3, 0.4) is 0 Å². The van der Waals surface area contributed by atoms with Gasteiger partial charge in [-0.15, -0.1) is 0 Å². The van der Waals surface area contributed by atoms with Crippen molar-refractivity contribution in [1.82, 2.24) is 8.61 Å². The molecule has 0 spiro atoms. The molecule has 4 unspecified atom stereocenters. The van der Waals surface area contributed by atoms with E-state index >= 15 is 0 Å². The molecule has 1 saturated carbocycles. The van der Waals surface area contributed by atoms with E-state index in [9.17, 15) is 25.3 Å². The summed E-state index contributed by atoms with van der Waals surface area (Å²) in [6, 6.07) is -0.291. The van der Waals surface area contributed by atoms with Crippen molar-refractivity contribution in [2.24, 2.45) is 0 Å². The van der Waals surface area contributed by atoms with Crippen LogP contribution in [0.25, 0.3) is 0 Å². The summed E-state index contributed by atoms with van der Waals surface area (Å²) < 4.78 is 84.6. The highest BCUT2D eigenvalue weighted by molar-refractivity contribution is 7.93. The van der Waals surface area contributed by atoms with E-state index < -0.39 is 51.7 Å². The van der Waals surface area contributed by atoms with Crippen LogP contribution in [-0.4, -0.2) is 93.3 Å². The van der Waals surface area contributed by atoms with Gasteiger partial charge in [0.05, 0.1) is 33.7 Å². The third kappa shape index (κ3) is 5.29. The average molecular weight is 501 g/mol. The molecule has 0 aromatic carbocycles. The van der Waals surface area contributed by atoms with E-state index in [-0.39, 0.29) is 37.4 Å². The maximum atomic E-state index is 13.2. The van der Waals surface area contributed by atoms with Gasteiger partial charge in [0.25, 0.3) is 0 Å². The zero-order valence-electron chi connectivity index (χ0n) is 18.8. The number of sulfone groups is 1. The van der Waals surface area contributed by atoms with Gasteiger partial charge in [-0.25, -0.2) is 25.3 Å². The molecule has 2 heterocycles. The molecule has 3 aliphatic rings. The molecule has 0 N–H and O–H groups in total. The first-order valence-corrected chi connectivity index (χ1v) is 15.7. The van der Waals surface area contributed by atoms with Gasteiger partial charge >= 0.3 is 0 Å². The Labute approximate surface area is 187 Å². The summed E-state index contributed by atoms with van der Waals surface area (Å²) in [7, 11) is -10.2. The molecule has 0 aromatic rings. The number of hydrogen-bond donors (Lipinski definition) is 0. The SMILES string of the molecule is CC(CC1CCN1S(=O)(=O)C(C)CC1CN(S(=O)(=O)C(C)C)CCO1)S(=O)(=O)C1CC1. The van der Waals surface area contributed by atoms with Gasteiger partial charge in [0.2, 0.25) is 20.0 Å². The van der Waals surface area contributed by atoms with Gasteiger partial charge in [0.15, 0.2) is 9.84 Å². The number of ether oxygens (including phenoxy) is 1. The molecule has 12 heteroatoms. The summed E-state index contributed by atoms with van der Waals surface area (Å²) in [4.78, 5) is 0. The van der Waals surface area contributed by atoms with Gasteiger partial charge in [0, 0.05) is 25.7 Å². The standard InChI is InChI=1S/C19H36N2O7S3/c1-14(2)30(24,25)20-9-10-28-18(13-20)12-16(4)31(26,27)21-8-7-17(21)11-15(3)29(22,23)19-5-6-19/h14-19H,5-13H2,1-4H3. The van der Waals surface area contributed by atoms with Crippen LogP contribution in [0.1, 0.15) is 59.8 Å².